The second kappa shape index (κ2) is 6.12. The minimum atomic E-state index is -2.45. The number of likely N-dealkylation sites (tertiary alicyclic amines) is 1. The van der Waals surface area contributed by atoms with E-state index in [1.807, 2.05) is 20.8 Å². The second-order valence-electron chi connectivity index (χ2n) is 7.13. The summed E-state index contributed by atoms with van der Waals surface area (Å²) in [6, 6.07) is 0. The number of ether oxygens (including phenoxy) is 2. The molecule has 1 spiro atoms. The maximum atomic E-state index is 12.0. The van der Waals surface area contributed by atoms with E-state index in [9.17, 15) is 13.2 Å². The number of thiol groups is 1. The number of amides is 1. The molecular formula is C14H25NO5S. The third-order valence-corrected chi connectivity index (χ3v) is 4.57. The summed E-state index contributed by atoms with van der Waals surface area (Å²) in [7, 11) is -2.45. The van der Waals surface area contributed by atoms with Crippen LogP contribution in [0.3, 0.4) is 0 Å². The van der Waals surface area contributed by atoms with Crippen LogP contribution in [0.5, 0.6) is 0 Å². The lowest BCUT2D eigenvalue weighted by atomic mass is 9.61. The van der Waals surface area contributed by atoms with Gasteiger partial charge in [-0.2, -0.15) is 0 Å². The lowest BCUT2D eigenvalue weighted by molar-refractivity contribution is -0.0927. The van der Waals surface area contributed by atoms with Gasteiger partial charge >= 0.3 is 6.09 Å². The fraction of sp³-hybridized carbons (Fsp3) is 0.929. The highest BCUT2D eigenvalue weighted by Crippen LogP contribution is 2.50. The van der Waals surface area contributed by atoms with Gasteiger partial charge in [0.05, 0.1) is 6.10 Å². The molecule has 122 valence electrons. The molecule has 1 aliphatic heterocycles. The van der Waals surface area contributed by atoms with Gasteiger partial charge in [0.25, 0.3) is 0 Å². The van der Waals surface area contributed by atoms with Gasteiger partial charge in [-0.3, -0.25) is 0 Å². The van der Waals surface area contributed by atoms with E-state index < -0.39 is 16.3 Å². The highest BCUT2D eigenvalue weighted by molar-refractivity contribution is 7.72. The van der Waals surface area contributed by atoms with E-state index in [1.54, 1.807) is 4.90 Å². The van der Waals surface area contributed by atoms with Crippen LogP contribution in [0.1, 0.15) is 46.5 Å². The Hall–Kier alpha value is -0.820. The molecule has 0 aromatic rings. The lowest BCUT2D eigenvalue weighted by Crippen LogP contribution is -2.51. The Bertz CT molecular complexity index is 444. The van der Waals surface area contributed by atoms with Crippen molar-refractivity contribution >= 4 is 16.8 Å². The first-order valence-electron chi connectivity index (χ1n) is 7.40. The van der Waals surface area contributed by atoms with Gasteiger partial charge in [-0.1, -0.05) is 0 Å². The number of carbonyl (C=O) groups is 1. The van der Waals surface area contributed by atoms with Crippen molar-refractivity contribution in [2.24, 2.45) is 5.41 Å². The number of hydrogen-bond acceptors (Lipinski definition) is 5. The summed E-state index contributed by atoms with van der Waals surface area (Å²) in [6.07, 6.45) is 3.50. The summed E-state index contributed by atoms with van der Waals surface area (Å²) in [5.74, 6) is -0.180. The van der Waals surface area contributed by atoms with Crippen LogP contribution in [0.25, 0.3) is 0 Å². The molecule has 7 heteroatoms. The largest absolute Gasteiger partial charge is 0.444 e. The molecule has 0 N–H and O–H groups in total. The molecule has 0 aromatic carbocycles. The SMILES string of the molecule is CC(C)(C)OC(=O)N1CCC2(CC1)CC(OC[SH](=O)=O)C2. The Labute approximate surface area is 127 Å². The number of hydrogen-bond donors (Lipinski definition) is 1. The van der Waals surface area contributed by atoms with Gasteiger partial charge < -0.3 is 14.4 Å². The Kier molecular flexibility index (Phi) is 4.82. The van der Waals surface area contributed by atoms with Gasteiger partial charge in [-0.25, -0.2) is 13.2 Å². The maximum Gasteiger partial charge on any atom is 0.410 e. The second-order valence-corrected chi connectivity index (χ2v) is 8.05. The summed E-state index contributed by atoms with van der Waals surface area (Å²) in [5.41, 5.74) is -0.228. The summed E-state index contributed by atoms with van der Waals surface area (Å²) in [4.78, 5) is 13.7. The van der Waals surface area contributed by atoms with E-state index in [-0.39, 0.29) is 23.6 Å². The molecule has 1 saturated heterocycles. The first kappa shape index (κ1) is 16.5. The van der Waals surface area contributed by atoms with Crippen molar-refractivity contribution in [1.29, 1.82) is 0 Å². The van der Waals surface area contributed by atoms with Gasteiger partial charge in [0, 0.05) is 13.1 Å². The summed E-state index contributed by atoms with van der Waals surface area (Å²) in [5, 5.41) is 0. The van der Waals surface area contributed by atoms with E-state index in [0.717, 1.165) is 25.7 Å². The molecule has 1 aliphatic carbocycles. The van der Waals surface area contributed by atoms with Crippen LogP contribution < -0.4 is 0 Å². The average molecular weight is 319 g/mol. The zero-order valence-electron chi connectivity index (χ0n) is 13.0. The average Bonchev–Trinajstić information content (AvgIpc) is 2.32. The first-order valence-corrected chi connectivity index (χ1v) is 8.77. The predicted octanol–water partition coefficient (Wildman–Crippen LogP) is 1.75. The molecule has 0 atom stereocenters. The van der Waals surface area contributed by atoms with E-state index in [0.29, 0.717) is 13.1 Å². The minimum Gasteiger partial charge on any atom is -0.444 e. The fourth-order valence-electron chi connectivity index (χ4n) is 3.09. The molecule has 0 aromatic heterocycles. The molecule has 0 radical (unpaired) electrons. The van der Waals surface area contributed by atoms with Crippen LogP contribution >= 0.6 is 0 Å². The molecule has 2 fully saturated rings. The highest BCUT2D eigenvalue weighted by atomic mass is 32.2. The maximum absolute atomic E-state index is 12.0. The van der Waals surface area contributed by atoms with Gasteiger partial charge in [0.1, 0.15) is 11.5 Å². The van der Waals surface area contributed by atoms with Gasteiger partial charge in [0.15, 0.2) is 10.7 Å². The molecule has 1 amide bonds. The predicted molar refractivity (Wildman–Crippen MR) is 78.8 cm³/mol. The molecule has 21 heavy (non-hydrogen) atoms. The van der Waals surface area contributed by atoms with Crippen LogP contribution in [0, 0.1) is 5.41 Å². The van der Waals surface area contributed by atoms with Crippen molar-refractivity contribution in [2.45, 2.75) is 58.2 Å². The van der Waals surface area contributed by atoms with Crippen LogP contribution in [0.2, 0.25) is 0 Å². The molecule has 6 nitrogen and oxygen atoms in total. The van der Waals surface area contributed by atoms with Crippen LogP contribution in [0.4, 0.5) is 4.79 Å². The van der Waals surface area contributed by atoms with Crippen molar-refractivity contribution in [3.8, 4) is 0 Å². The molecule has 1 heterocycles. The highest BCUT2D eigenvalue weighted by Gasteiger charge is 2.47. The Morgan fingerprint density at radius 1 is 1.24 bits per heavy atom. The summed E-state index contributed by atoms with van der Waals surface area (Å²) < 4.78 is 31.7. The lowest BCUT2D eigenvalue weighted by Gasteiger charge is -2.51. The van der Waals surface area contributed by atoms with E-state index in [2.05, 4.69) is 0 Å². The molecular weight excluding hydrogens is 294 g/mol. The molecule has 2 aliphatic rings. The number of piperidine rings is 1. The Morgan fingerprint density at radius 2 is 1.81 bits per heavy atom. The molecule has 0 bridgehead atoms. The summed E-state index contributed by atoms with van der Waals surface area (Å²) in [6.45, 7) is 7.01. The zero-order chi connectivity index (χ0) is 15.7. The van der Waals surface area contributed by atoms with Crippen molar-refractivity contribution < 1.29 is 22.7 Å². The standard InChI is InChI=1S/C14H25NO5S/c1-13(2,3)20-12(16)15-6-4-14(5-7-15)8-11(9-14)19-10-21(17)18/h11,21H,4-10H2,1-3H3. The monoisotopic (exact) mass is 319 g/mol. The Morgan fingerprint density at radius 3 is 2.29 bits per heavy atom. The molecule has 1 saturated carbocycles. The van der Waals surface area contributed by atoms with Crippen molar-refractivity contribution in [3.63, 3.8) is 0 Å². The fourth-order valence-corrected chi connectivity index (χ4v) is 3.42. The summed E-state index contributed by atoms with van der Waals surface area (Å²) >= 11 is 0. The number of nitrogens with zero attached hydrogens (tertiary/aromatic N) is 1. The third kappa shape index (κ3) is 4.57. The van der Waals surface area contributed by atoms with E-state index in [1.165, 1.54) is 0 Å². The third-order valence-electron chi connectivity index (χ3n) is 4.21. The molecule has 2 rings (SSSR count). The minimum absolute atomic E-state index is 0.0611. The topological polar surface area (TPSA) is 72.9 Å². The van der Waals surface area contributed by atoms with Crippen LogP contribution in [0.15, 0.2) is 0 Å². The van der Waals surface area contributed by atoms with Crippen molar-refractivity contribution in [2.75, 3.05) is 19.0 Å². The van der Waals surface area contributed by atoms with E-state index in [4.69, 9.17) is 9.47 Å². The van der Waals surface area contributed by atoms with E-state index >= 15 is 0 Å². The normalized spacial score (nSPS) is 22.4. The van der Waals surface area contributed by atoms with Crippen molar-refractivity contribution in [1.82, 2.24) is 4.90 Å². The van der Waals surface area contributed by atoms with Gasteiger partial charge in [-0.15, -0.1) is 0 Å². The number of rotatable bonds is 3. The Balaban J connectivity index is 1.73. The number of carbonyl (C=O) groups excluding carboxylic acids is 1. The van der Waals surface area contributed by atoms with Crippen LogP contribution in [-0.4, -0.2) is 50.1 Å². The van der Waals surface area contributed by atoms with Gasteiger partial charge in [-0.05, 0) is 51.9 Å². The smallest absolute Gasteiger partial charge is 0.410 e. The quantitative estimate of drug-likeness (QED) is 0.802. The zero-order valence-corrected chi connectivity index (χ0v) is 13.9. The van der Waals surface area contributed by atoms with Gasteiger partial charge in [0.2, 0.25) is 0 Å². The van der Waals surface area contributed by atoms with Crippen LogP contribution in [-0.2, 0) is 20.2 Å². The molecule has 0 unspecified atom stereocenters. The van der Waals surface area contributed by atoms with Crippen molar-refractivity contribution in [3.05, 3.63) is 0 Å². The first-order chi connectivity index (χ1) is 9.69.